The number of ether oxygens (including phenoxy) is 2. The summed E-state index contributed by atoms with van der Waals surface area (Å²) in [5, 5.41) is 0. The molecule has 0 bridgehead atoms. The molecule has 0 amide bonds. The molecule has 2 aromatic rings. The SMILES string of the molecule is COc1c(N)ccc(C(=O)c2ccccc2)c1OC. The standard InChI is InChI=1S/C15H15NO3/c1-18-14-11(8-9-12(16)15(14)19-2)13(17)10-6-4-3-5-7-10/h3-9H,16H2,1-2H3. The molecule has 0 unspecified atom stereocenters. The lowest BCUT2D eigenvalue weighted by Gasteiger charge is -2.13. The van der Waals surface area contributed by atoms with E-state index < -0.39 is 0 Å². The summed E-state index contributed by atoms with van der Waals surface area (Å²) in [5.74, 6) is 0.608. The van der Waals surface area contributed by atoms with E-state index in [1.807, 2.05) is 18.2 Å². The van der Waals surface area contributed by atoms with Crippen LogP contribution in [-0.2, 0) is 0 Å². The smallest absolute Gasteiger partial charge is 0.196 e. The van der Waals surface area contributed by atoms with E-state index in [0.29, 0.717) is 28.3 Å². The Kier molecular flexibility index (Phi) is 3.71. The fraction of sp³-hybridized carbons (Fsp3) is 0.133. The molecule has 0 atom stereocenters. The summed E-state index contributed by atoms with van der Waals surface area (Å²) in [6.07, 6.45) is 0. The molecule has 0 saturated carbocycles. The van der Waals surface area contributed by atoms with Gasteiger partial charge in [0, 0.05) is 5.56 Å². The van der Waals surface area contributed by atoms with Crippen molar-refractivity contribution in [2.24, 2.45) is 0 Å². The molecule has 4 heteroatoms. The highest BCUT2D eigenvalue weighted by molar-refractivity contribution is 6.11. The molecule has 0 radical (unpaired) electrons. The summed E-state index contributed by atoms with van der Waals surface area (Å²) in [6.45, 7) is 0. The highest BCUT2D eigenvalue weighted by Crippen LogP contribution is 2.37. The van der Waals surface area contributed by atoms with Crippen LogP contribution in [0.15, 0.2) is 42.5 Å². The maximum absolute atomic E-state index is 12.4. The molecule has 0 spiro atoms. The van der Waals surface area contributed by atoms with E-state index in [0.717, 1.165) is 0 Å². The quantitative estimate of drug-likeness (QED) is 0.675. The van der Waals surface area contributed by atoms with Gasteiger partial charge in [-0.05, 0) is 12.1 Å². The molecule has 19 heavy (non-hydrogen) atoms. The van der Waals surface area contributed by atoms with Gasteiger partial charge in [-0.25, -0.2) is 0 Å². The van der Waals surface area contributed by atoms with Gasteiger partial charge in [0.2, 0.25) is 0 Å². The van der Waals surface area contributed by atoms with Crippen molar-refractivity contribution in [1.82, 2.24) is 0 Å². The molecule has 98 valence electrons. The minimum Gasteiger partial charge on any atom is -0.492 e. The number of benzene rings is 2. The molecule has 0 aliphatic heterocycles. The predicted molar refractivity (Wildman–Crippen MR) is 73.8 cm³/mol. The monoisotopic (exact) mass is 257 g/mol. The van der Waals surface area contributed by atoms with Gasteiger partial charge in [0.1, 0.15) is 0 Å². The summed E-state index contributed by atoms with van der Waals surface area (Å²) in [4.78, 5) is 12.4. The molecule has 0 aromatic heterocycles. The van der Waals surface area contributed by atoms with Crippen LogP contribution in [0.2, 0.25) is 0 Å². The summed E-state index contributed by atoms with van der Waals surface area (Å²) < 4.78 is 10.5. The summed E-state index contributed by atoms with van der Waals surface area (Å²) in [7, 11) is 2.98. The predicted octanol–water partition coefficient (Wildman–Crippen LogP) is 2.52. The van der Waals surface area contributed by atoms with E-state index in [2.05, 4.69) is 0 Å². The van der Waals surface area contributed by atoms with E-state index in [-0.39, 0.29) is 5.78 Å². The number of carbonyl (C=O) groups is 1. The Morgan fingerprint density at radius 3 is 2.16 bits per heavy atom. The summed E-state index contributed by atoms with van der Waals surface area (Å²) in [5.41, 5.74) is 7.25. The Morgan fingerprint density at radius 2 is 1.58 bits per heavy atom. The van der Waals surface area contributed by atoms with Crippen molar-refractivity contribution in [3.8, 4) is 11.5 Å². The molecular formula is C15H15NO3. The van der Waals surface area contributed by atoms with Crippen molar-refractivity contribution in [3.63, 3.8) is 0 Å². The molecule has 0 saturated heterocycles. The first-order chi connectivity index (χ1) is 9.19. The third-order valence-corrected chi connectivity index (χ3v) is 2.83. The second kappa shape index (κ2) is 5.44. The van der Waals surface area contributed by atoms with E-state index in [9.17, 15) is 4.79 Å². The Labute approximate surface area is 111 Å². The number of carbonyl (C=O) groups excluding carboxylic acids is 1. The first-order valence-electron chi connectivity index (χ1n) is 5.79. The third kappa shape index (κ3) is 2.38. The average molecular weight is 257 g/mol. The number of hydrogen-bond donors (Lipinski definition) is 1. The van der Waals surface area contributed by atoms with E-state index in [1.54, 1.807) is 24.3 Å². The molecule has 2 rings (SSSR count). The number of anilines is 1. The van der Waals surface area contributed by atoms with Crippen molar-refractivity contribution < 1.29 is 14.3 Å². The van der Waals surface area contributed by atoms with Crippen molar-refractivity contribution >= 4 is 11.5 Å². The van der Waals surface area contributed by atoms with Crippen LogP contribution in [0.5, 0.6) is 11.5 Å². The average Bonchev–Trinajstić information content (AvgIpc) is 2.47. The lowest BCUT2D eigenvalue weighted by molar-refractivity contribution is 0.103. The zero-order valence-corrected chi connectivity index (χ0v) is 10.8. The minimum absolute atomic E-state index is 0.129. The maximum atomic E-state index is 12.4. The van der Waals surface area contributed by atoms with E-state index in [1.165, 1.54) is 14.2 Å². The Balaban J connectivity index is 2.54. The number of nitrogen functional groups attached to an aromatic ring is 1. The number of rotatable bonds is 4. The van der Waals surface area contributed by atoms with Crippen LogP contribution in [0.25, 0.3) is 0 Å². The fourth-order valence-electron chi connectivity index (χ4n) is 1.91. The van der Waals surface area contributed by atoms with Gasteiger partial charge in [0.15, 0.2) is 17.3 Å². The molecule has 0 aliphatic carbocycles. The van der Waals surface area contributed by atoms with Crippen LogP contribution in [0.1, 0.15) is 15.9 Å². The van der Waals surface area contributed by atoms with Gasteiger partial charge >= 0.3 is 0 Å². The third-order valence-electron chi connectivity index (χ3n) is 2.83. The van der Waals surface area contributed by atoms with Crippen LogP contribution >= 0.6 is 0 Å². The number of ketones is 1. The van der Waals surface area contributed by atoms with Crippen LogP contribution in [0.4, 0.5) is 5.69 Å². The van der Waals surface area contributed by atoms with Gasteiger partial charge in [-0.15, -0.1) is 0 Å². The molecule has 2 aromatic carbocycles. The zero-order chi connectivity index (χ0) is 13.8. The topological polar surface area (TPSA) is 61.5 Å². The van der Waals surface area contributed by atoms with Crippen molar-refractivity contribution in [2.45, 2.75) is 0 Å². The normalized spacial score (nSPS) is 10.0. The first kappa shape index (κ1) is 13.0. The molecule has 0 aliphatic rings. The van der Waals surface area contributed by atoms with Crippen LogP contribution < -0.4 is 15.2 Å². The van der Waals surface area contributed by atoms with Gasteiger partial charge in [-0.2, -0.15) is 0 Å². The number of methoxy groups -OCH3 is 2. The van der Waals surface area contributed by atoms with Gasteiger partial charge in [-0.3, -0.25) is 4.79 Å². The summed E-state index contributed by atoms with van der Waals surface area (Å²) >= 11 is 0. The fourth-order valence-corrected chi connectivity index (χ4v) is 1.91. The van der Waals surface area contributed by atoms with Gasteiger partial charge < -0.3 is 15.2 Å². The lowest BCUT2D eigenvalue weighted by Crippen LogP contribution is -2.06. The van der Waals surface area contributed by atoms with Crippen molar-refractivity contribution in [1.29, 1.82) is 0 Å². The van der Waals surface area contributed by atoms with Gasteiger partial charge in [-0.1, -0.05) is 30.3 Å². The Bertz CT molecular complexity index is 594. The summed E-state index contributed by atoms with van der Waals surface area (Å²) in [6, 6.07) is 12.3. The van der Waals surface area contributed by atoms with E-state index in [4.69, 9.17) is 15.2 Å². The second-order valence-corrected chi connectivity index (χ2v) is 3.96. The Morgan fingerprint density at radius 1 is 0.947 bits per heavy atom. The molecule has 0 fully saturated rings. The first-order valence-corrected chi connectivity index (χ1v) is 5.79. The van der Waals surface area contributed by atoms with Gasteiger partial charge in [0.25, 0.3) is 0 Å². The number of hydrogen-bond acceptors (Lipinski definition) is 4. The zero-order valence-electron chi connectivity index (χ0n) is 10.8. The molecular weight excluding hydrogens is 242 g/mol. The van der Waals surface area contributed by atoms with Gasteiger partial charge in [0.05, 0.1) is 25.5 Å². The number of nitrogens with two attached hydrogens (primary N) is 1. The lowest BCUT2D eigenvalue weighted by atomic mass is 10.0. The maximum Gasteiger partial charge on any atom is 0.196 e. The van der Waals surface area contributed by atoms with Crippen molar-refractivity contribution in [3.05, 3.63) is 53.6 Å². The molecule has 4 nitrogen and oxygen atoms in total. The van der Waals surface area contributed by atoms with Crippen LogP contribution in [0, 0.1) is 0 Å². The highest BCUT2D eigenvalue weighted by atomic mass is 16.5. The van der Waals surface area contributed by atoms with Crippen molar-refractivity contribution in [2.75, 3.05) is 20.0 Å². The minimum atomic E-state index is -0.129. The largest absolute Gasteiger partial charge is 0.492 e. The highest BCUT2D eigenvalue weighted by Gasteiger charge is 2.19. The van der Waals surface area contributed by atoms with Crippen LogP contribution in [0.3, 0.4) is 0 Å². The van der Waals surface area contributed by atoms with Crippen LogP contribution in [-0.4, -0.2) is 20.0 Å². The Hall–Kier alpha value is -2.49. The van der Waals surface area contributed by atoms with E-state index >= 15 is 0 Å². The second-order valence-electron chi connectivity index (χ2n) is 3.96. The molecule has 2 N–H and O–H groups in total. The molecule has 0 heterocycles.